The van der Waals surface area contributed by atoms with Crippen LogP contribution < -0.4 is 15.5 Å². The number of likely N-dealkylation sites (tertiary alicyclic amines) is 2. The van der Waals surface area contributed by atoms with Gasteiger partial charge in [-0.1, -0.05) is 24.3 Å². The van der Waals surface area contributed by atoms with E-state index in [1.165, 1.54) is 9.80 Å². The molecule has 2 aliphatic heterocycles. The molecular formula is C36H46N6O6S. The summed E-state index contributed by atoms with van der Waals surface area (Å²) in [6.07, 6.45) is 3.29. The average molecular weight is 691 g/mol. The highest BCUT2D eigenvalue weighted by Gasteiger charge is 2.37. The third-order valence-electron chi connectivity index (χ3n) is 8.19. The zero-order chi connectivity index (χ0) is 35.1. The quantitative estimate of drug-likeness (QED) is 0.242. The van der Waals surface area contributed by atoms with Crippen LogP contribution in [0.2, 0.25) is 0 Å². The molecule has 2 aliphatic rings. The molecule has 2 atom stereocenters. The lowest BCUT2D eigenvalue weighted by Gasteiger charge is -2.28. The van der Waals surface area contributed by atoms with E-state index >= 15 is 0 Å². The number of aromatic nitrogens is 1. The number of thiazole rings is 1. The van der Waals surface area contributed by atoms with Crippen LogP contribution in [0.1, 0.15) is 71.4 Å². The molecule has 0 saturated carbocycles. The van der Waals surface area contributed by atoms with Crippen molar-refractivity contribution in [1.29, 1.82) is 0 Å². The molecule has 2 unspecified atom stereocenters. The number of carbonyl (C=O) groups excluding carboxylic acids is 4. The van der Waals surface area contributed by atoms with Crippen LogP contribution in [0.5, 0.6) is 0 Å². The first kappa shape index (κ1) is 35.7. The third kappa shape index (κ3) is 9.71. The normalized spacial score (nSPS) is 17.6. The van der Waals surface area contributed by atoms with Crippen LogP contribution in [0.25, 0.3) is 0 Å². The number of anilines is 3. The molecule has 2 aromatic carbocycles. The molecule has 3 aromatic rings. The van der Waals surface area contributed by atoms with E-state index in [0.29, 0.717) is 50.4 Å². The van der Waals surface area contributed by atoms with Gasteiger partial charge in [-0.25, -0.2) is 14.6 Å². The van der Waals surface area contributed by atoms with Crippen LogP contribution in [0.3, 0.4) is 0 Å². The summed E-state index contributed by atoms with van der Waals surface area (Å²) in [6, 6.07) is 14.2. The first-order valence-electron chi connectivity index (χ1n) is 16.8. The lowest BCUT2D eigenvalue weighted by Crippen LogP contribution is -2.45. The van der Waals surface area contributed by atoms with Crippen LogP contribution in [0.15, 0.2) is 60.1 Å². The van der Waals surface area contributed by atoms with Crippen molar-refractivity contribution in [1.82, 2.24) is 14.8 Å². The predicted molar refractivity (Wildman–Crippen MR) is 189 cm³/mol. The molecule has 5 rings (SSSR count). The molecule has 13 heteroatoms. The van der Waals surface area contributed by atoms with E-state index in [1.807, 2.05) is 74.7 Å². The highest BCUT2D eigenvalue weighted by molar-refractivity contribution is 7.13. The second-order valence-corrected chi connectivity index (χ2v) is 14.5. The van der Waals surface area contributed by atoms with Gasteiger partial charge < -0.3 is 25.0 Å². The summed E-state index contributed by atoms with van der Waals surface area (Å²) < 4.78 is 10.8. The molecule has 0 bridgehead atoms. The molecule has 0 spiro atoms. The van der Waals surface area contributed by atoms with Crippen LogP contribution in [-0.4, -0.2) is 75.7 Å². The monoisotopic (exact) mass is 690 g/mol. The first-order valence-corrected chi connectivity index (χ1v) is 17.6. The Bertz CT molecular complexity index is 1590. The second-order valence-electron chi connectivity index (χ2n) is 13.7. The minimum absolute atomic E-state index is 0.224. The summed E-state index contributed by atoms with van der Waals surface area (Å²) >= 11 is 1.55. The van der Waals surface area contributed by atoms with E-state index in [4.69, 9.17) is 9.47 Å². The van der Waals surface area contributed by atoms with Crippen molar-refractivity contribution in [3.05, 3.63) is 71.2 Å². The minimum atomic E-state index is -0.630. The van der Waals surface area contributed by atoms with Crippen molar-refractivity contribution >= 4 is 51.8 Å². The zero-order valence-corrected chi connectivity index (χ0v) is 29.6. The van der Waals surface area contributed by atoms with Gasteiger partial charge in [0.2, 0.25) is 11.8 Å². The smallest absolute Gasteiger partial charge is 0.410 e. The Hall–Kier alpha value is -4.65. The third-order valence-corrected chi connectivity index (χ3v) is 9.02. The Morgan fingerprint density at radius 2 is 1.33 bits per heavy atom. The molecule has 12 nitrogen and oxygen atoms in total. The summed E-state index contributed by atoms with van der Waals surface area (Å²) in [5.41, 5.74) is 2.75. The Morgan fingerprint density at radius 1 is 0.837 bits per heavy atom. The SMILES string of the molecule is CC(C)OC(=O)N1CCCC1C(=O)Nc1ccc(CN(Cc2ccc(NC(=O)C3CCCN3C(=O)OC(C)(C)C)cc2)c2nccs2)cc1. The number of benzene rings is 2. The number of nitrogens with zero attached hydrogens (tertiary/aromatic N) is 4. The van der Waals surface area contributed by atoms with Gasteiger partial charge in [-0.05, 0) is 95.7 Å². The van der Waals surface area contributed by atoms with Crippen LogP contribution in [0, 0.1) is 0 Å². The van der Waals surface area contributed by atoms with Gasteiger partial charge in [-0.2, -0.15) is 0 Å². The fourth-order valence-electron chi connectivity index (χ4n) is 5.95. The maximum absolute atomic E-state index is 13.1. The van der Waals surface area contributed by atoms with E-state index < -0.39 is 29.9 Å². The van der Waals surface area contributed by atoms with E-state index in [-0.39, 0.29) is 17.9 Å². The van der Waals surface area contributed by atoms with E-state index in [0.717, 1.165) is 29.1 Å². The Labute approximate surface area is 291 Å². The molecule has 49 heavy (non-hydrogen) atoms. The highest BCUT2D eigenvalue weighted by atomic mass is 32.1. The summed E-state index contributed by atoms with van der Waals surface area (Å²) in [6.45, 7) is 11.2. The summed E-state index contributed by atoms with van der Waals surface area (Å²) in [7, 11) is 0. The predicted octanol–water partition coefficient (Wildman–Crippen LogP) is 6.64. The lowest BCUT2D eigenvalue weighted by molar-refractivity contribution is -0.120. The molecule has 2 saturated heterocycles. The highest BCUT2D eigenvalue weighted by Crippen LogP contribution is 2.26. The summed E-state index contributed by atoms with van der Waals surface area (Å²) in [5, 5.41) is 8.72. The van der Waals surface area contributed by atoms with Gasteiger partial charge in [0.1, 0.15) is 17.7 Å². The second kappa shape index (κ2) is 15.7. The molecule has 3 heterocycles. The van der Waals surface area contributed by atoms with E-state index in [2.05, 4.69) is 20.5 Å². The van der Waals surface area contributed by atoms with Gasteiger partial charge in [0.15, 0.2) is 5.13 Å². The van der Waals surface area contributed by atoms with Gasteiger partial charge in [-0.3, -0.25) is 19.4 Å². The van der Waals surface area contributed by atoms with E-state index in [9.17, 15) is 19.2 Å². The molecule has 0 radical (unpaired) electrons. The first-order chi connectivity index (χ1) is 23.4. The summed E-state index contributed by atoms with van der Waals surface area (Å²) in [4.78, 5) is 61.0. The minimum Gasteiger partial charge on any atom is -0.447 e. The van der Waals surface area contributed by atoms with E-state index in [1.54, 1.807) is 31.4 Å². The van der Waals surface area contributed by atoms with Crippen molar-refractivity contribution in [2.75, 3.05) is 28.6 Å². The Balaban J connectivity index is 1.18. The van der Waals surface area contributed by atoms with Crippen molar-refractivity contribution in [3.63, 3.8) is 0 Å². The topological polar surface area (TPSA) is 133 Å². The van der Waals surface area contributed by atoms with Gasteiger partial charge >= 0.3 is 12.2 Å². The fourth-order valence-corrected chi connectivity index (χ4v) is 6.59. The largest absolute Gasteiger partial charge is 0.447 e. The number of hydrogen-bond acceptors (Lipinski definition) is 9. The van der Waals surface area contributed by atoms with Gasteiger partial charge in [0.05, 0.1) is 6.10 Å². The standard InChI is InChI=1S/C36H46N6O6S/c1-24(2)47-34(45)41-19-6-8-29(41)31(43)38-27-14-10-25(11-15-27)22-40(33-37-18-21-49-33)23-26-12-16-28(17-13-26)39-32(44)30-9-7-20-42(30)35(46)48-36(3,4)5/h10-18,21,24,29-30H,6-9,19-20,22-23H2,1-5H3,(H,38,43)(H,39,44). The summed E-state index contributed by atoms with van der Waals surface area (Å²) in [5.74, 6) is -0.451. The number of rotatable bonds is 10. The molecule has 4 amide bonds. The average Bonchev–Trinajstić information content (AvgIpc) is 3.84. The van der Waals surface area contributed by atoms with Gasteiger partial charge in [0, 0.05) is 49.1 Å². The number of carbonyl (C=O) groups is 4. The van der Waals surface area contributed by atoms with Crippen LogP contribution in [-0.2, 0) is 32.2 Å². The van der Waals surface area contributed by atoms with Crippen molar-refractivity contribution in [2.45, 2.75) is 97.2 Å². The molecule has 0 aliphatic carbocycles. The Kier molecular flexibility index (Phi) is 11.4. The Morgan fingerprint density at radius 3 is 1.76 bits per heavy atom. The maximum Gasteiger partial charge on any atom is 0.410 e. The molecule has 262 valence electrons. The zero-order valence-electron chi connectivity index (χ0n) is 28.8. The number of ether oxygens (including phenoxy) is 2. The van der Waals surface area contributed by atoms with Crippen molar-refractivity contribution in [3.8, 4) is 0 Å². The van der Waals surface area contributed by atoms with Crippen molar-refractivity contribution < 1.29 is 28.7 Å². The van der Waals surface area contributed by atoms with Crippen LogP contribution >= 0.6 is 11.3 Å². The molecule has 1 aromatic heterocycles. The van der Waals surface area contributed by atoms with Crippen LogP contribution in [0.4, 0.5) is 26.1 Å². The maximum atomic E-state index is 13.1. The van der Waals surface area contributed by atoms with Crippen molar-refractivity contribution in [2.24, 2.45) is 0 Å². The molecular weight excluding hydrogens is 644 g/mol. The number of amides is 4. The molecule has 2 fully saturated rings. The molecule has 2 N–H and O–H groups in total. The van der Waals surface area contributed by atoms with Gasteiger partial charge in [-0.15, -0.1) is 11.3 Å². The number of hydrogen-bond donors (Lipinski definition) is 2. The van der Waals surface area contributed by atoms with Gasteiger partial charge in [0.25, 0.3) is 0 Å². The fraction of sp³-hybridized carbons (Fsp3) is 0.472. The number of nitrogens with one attached hydrogen (secondary N) is 2. The lowest BCUT2D eigenvalue weighted by atomic mass is 10.1.